The smallest absolute Gasteiger partial charge is 0.327 e. The summed E-state index contributed by atoms with van der Waals surface area (Å²) in [6.45, 7) is 4.50. The number of methoxy groups -OCH3 is 1. The summed E-state index contributed by atoms with van der Waals surface area (Å²) in [5.74, 6) is 1.41. The fraction of sp³-hybridized carbons (Fsp3) is 0.267. The monoisotopic (exact) mass is 493 g/mol. The number of piperazine rings is 1. The third-order valence-electron chi connectivity index (χ3n) is 7.40. The van der Waals surface area contributed by atoms with Crippen LogP contribution in [0.1, 0.15) is 5.56 Å². The molecule has 4 aromatic rings. The van der Waals surface area contributed by atoms with Crippen molar-refractivity contribution in [3.8, 4) is 16.9 Å². The molecule has 0 saturated carbocycles. The highest BCUT2D eigenvalue weighted by molar-refractivity contribution is 6.04. The Morgan fingerprint density at radius 3 is 2.49 bits per heavy atom. The lowest BCUT2D eigenvalue weighted by atomic mass is 10.0. The molecule has 2 aliphatic rings. The van der Waals surface area contributed by atoms with Crippen molar-refractivity contribution in [3.05, 3.63) is 78.4 Å². The van der Waals surface area contributed by atoms with Crippen LogP contribution >= 0.6 is 0 Å². The van der Waals surface area contributed by atoms with Crippen molar-refractivity contribution in [1.29, 1.82) is 0 Å². The molecule has 2 aliphatic heterocycles. The van der Waals surface area contributed by atoms with E-state index in [0.29, 0.717) is 12.4 Å². The van der Waals surface area contributed by atoms with Gasteiger partial charge in [0.2, 0.25) is 0 Å². The van der Waals surface area contributed by atoms with Gasteiger partial charge in [-0.1, -0.05) is 48.5 Å². The van der Waals surface area contributed by atoms with Crippen molar-refractivity contribution in [2.75, 3.05) is 62.0 Å². The van der Waals surface area contributed by atoms with Gasteiger partial charge in [0.1, 0.15) is 11.6 Å². The van der Waals surface area contributed by atoms with E-state index in [1.54, 1.807) is 7.11 Å². The number of pyridine rings is 1. The average molecular weight is 494 g/mol. The number of ether oxygens (including phenoxy) is 1. The van der Waals surface area contributed by atoms with Gasteiger partial charge in [0.25, 0.3) is 0 Å². The summed E-state index contributed by atoms with van der Waals surface area (Å²) in [7, 11) is 3.86. The molecular weight excluding hydrogens is 462 g/mol. The lowest BCUT2D eigenvalue weighted by Crippen LogP contribution is -2.44. The van der Waals surface area contributed by atoms with Crippen LogP contribution < -0.4 is 19.9 Å². The number of carbonyl (C=O) groups is 1. The molecule has 3 aromatic carbocycles. The Hall–Kier alpha value is -4.10. The standard InChI is InChI=1S/C30H31N5O2/c1-33-15-17-34(18-16-33)26-20-25-23(19-27(26)37-2)13-14-35(25)30(36)32-28-12-11-22-9-6-10-24(29(22)31-28)21-7-4-3-5-8-21/h3-12,19-20H,13-18H2,1-2H3,(H,31,32,36). The number of para-hydroxylation sites is 1. The first-order chi connectivity index (χ1) is 18.1. The average Bonchev–Trinajstić information content (AvgIpc) is 3.36. The number of likely N-dealkylation sites (N-methyl/N-ethyl adjacent to an activating group) is 1. The van der Waals surface area contributed by atoms with Crippen molar-refractivity contribution in [2.45, 2.75) is 6.42 Å². The van der Waals surface area contributed by atoms with Crippen LogP contribution in [0.2, 0.25) is 0 Å². The topological polar surface area (TPSA) is 60.9 Å². The van der Waals surface area contributed by atoms with Crippen LogP contribution in [0.25, 0.3) is 22.0 Å². The van der Waals surface area contributed by atoms with E-state index in [9.17, 15) is 4.79 Å². The molecule has 0 unspecified atom stereocenters. The van der Waals surface area contributed by atoms with Crippen molar-refractivity contribution >= 4 is 34.1 Å². The number of aromatic nitrogens is 1. The van der Waals surface area contributed by atoms with Gasteiger partial charge in [-0.3, -0.25) is 10.2 Å². The maximum Gasteiger partial charge on any atom is 0.327 e. The zero-order valence-electron chi connectivity index (χ0n) is 21.3. The molecule has 0 bridgehead atoms. The molecule has 7 heteroatoms. The Labute approximate surface area is 217 Å². The molecule has 0 aliphatic carbocycles. The first-order valence-corrected chi connectivity index (χ1v) is 12.8. The number of benzene rings is 3. The summed E-state index contributed by atoms with van der Waals surface area (Å²) < 4.78 is 5.75. The van der Waals surface area contributed by atoms with E-state index in [2.05, 4.69) is 52.5 Å². The molecule has 0 radical (unpaired) electrons. The van der Waals surface area contributed by atoms with Crippen LogP contribution in [0.15, 0.2) is 72.8 Å². The normalized spacial score (nSPS) is 15.6. The number of hydrogen-bond acceptors (Lipinski definition) is 5. The highest BCUT2D eigenvalue weighted by Crippen LogP contribution is 2.40. The van der Waals surface area contributed by atoms with Crippen molar-refractivity contribution in [1.82, 2.24) is 9.88 Å². The molecule has 1 saturated heterocycles. The summed E-state index contributed by atoms with van der Waals surface area (Å²) in [5.41, 5.74) is 6.13. The summed E-state index contributed by atoms with van der Waals surface area (Å²) in [6.07, 6.45) is 0.797. The van der Waals surface area contributed by atoms with Gasteiger partial charge in [0, 0.05) is 43.7 Å². The molecule has 188 valence electrons. The second-order valence-electron chi connectivity index (χ2n) is 9.71. The molecule has 6 rings (SSSR count). The predicted octanol–water partition coefficient (Wildman–Crippen LogP) is 5.26. The molecule has 1 aromatic heterocycles. The van der Waals surface area contributed by atoms with Gasteiger partial charge in [-0.2, -0.15) is 0 Å². The highest BCUT2D eigenvalue weighted by Gasteiger charge is 2.29. The molecular formula is C30H31N5O2. The Bertz CT molecular complexity index is 1450. The number of carbonyl (C=O) groups excluding carboxylic acids is 1. The minimum atomic E-state index is -0.169. The zero-order chi connectivity index (χ0) is 25.4. The van der Waals surface area contributed by atoms with Crippen LogP contribution in [-0.2, 0) is 6.42 Å². The third-order valence-corrected chi connectivity index (χ3v) is 7.40. The number of rotatable bonds is 4. The molecule has 1 fully saturated rings. The molecule has 7 nitrogen and oxygen atoms in total. The number of nitrogens with zero attached hydrogens (tertiary/aromatic N) is 4. The number of nitrogens with one attached hydrogen (secondary N) is 1. The summed E-state index contributed by atoms with van der Waals surface area (Å²) >= 11 is 0. The Morgan fingerprint density at radius 2 is 1.70 bits per heavy atom. The van der Waals surface area contributed by atoms with Crippen LogP contribution in [0.3, 0.4) is 0 Å². The fourth-order valence-corrected chi connectivity index (χ4v) is 5.32. The summed E-state index contributed by atoms with van der Waals surface area (Å²) in [6, 6.07) is 24.3. The van der Waals surface area contributed by atoms with Gasteiger partial charge in [0.15, 0.2) is 0 Å². The molecule has 0 spiro atoms. The molecule has 3 heterocycles. The van der Waals surface area contributed by atoms with E-state index < -0.39 is 0 Å². The fourth-order valence-electron chi connectivity index (χ4n) is 5.32. The number of fused-ring (bicyclic) bond motifs is 2. The van der Waals surface area contributed by atoms with Gasteiger partial charge in [-0.15, -0.1) is 0 Å². The van der Waals surface area contributed by atoms with E-state index in [-0.39, 0.29) is 6.03 Å². The Kier molecular flexibility index (Phi) is 6.14. The van der Waals surface area contributed by atoms with Gasteiger partial charge >= 0.3 is 6.03 Å². The lowest BCUT2D eigenvalue weighted by molar-refractivity contribution is 0.257. The SMILES string of the molecule is COc1cc2c(cc1N1CCN(C)CC1)N(C(=O)Nc1ccc3cccc(-c4ccccc4)c3n1)CC2. The minimum Gasteiger partial charge on any atom is -0.495 e. The predicted molar refractivity (Wildman–Crippen MR) is 150 cm³/mol. The van der Waals surface area contributed by atoms with Crippen LogP contribution in [0.4, 0.5) is 22.0 Å². The second-order valence-corrected chi connectivity index (χ2v) is 9.71. The summed E-state index contributed by atoms with van der Waals surface area (Å²) in [4.78, 5) is 24.8. The quantitative estimate of drug-likeness (QED) is 0.420. The number of hydrogen-bond donors (Lipinski definition) is 1. The summed E-state index contributed by atoms with van der Waals surface area (Å²) in [5, 5.41) is 4.09. The zero-order valence-corrected chi connectivity index (χ0v) is 21.3. The Morgan fingerprint density at radius 1 is 0.892 bits per heavy atom. The minimum absolute atomic E-state index is 0.169. The van der Waals surface area contributed by atoms with E-state index >= 15 is 0 Å². The van der Waals surface area contributed by atoms with Crippen molar-refractivity contribution in [2.24, 2.45) is 0 Å². The third kappa shape index (κ3) is 4.47. The molecule has 1 N–H and O–H groups in total. The van der Waals surface area contributed by atoms with Gasteiger partial charge in [0.05, 0.1) is 24.0 Å². The van der Waals surface area contributed by atoms with Crippen LogP contribution in [0.5, 0.6) is 5.75 Å². The molecule has 0 atom stereocenters. The number of anilines is 3. The maximum absolute atomic E-state index is 13.5. The van der Waals surface area contributed by atoms with Crippen molar-refractivity contribution < 1.29 is 9.53 Å². The van der Waals surface area contributed by atoms with Crippen molar-refractivity contribution in [3.63, 3.8) is 0 Å². The number of urea groups is 1. The second kappa shape index (κ2) is 9.75. The van der Waals surface area contributed by atoms with Crippen LogP contribution in [-0.4, -0.2) is 62.8 Å². The van der Waals surface area contributed by atoms with E-state index in [0.717, 1.165) is 77.3 Å². The highest BCUT2D eigenvalue weighted by atomic mass is 16.5. The van der Waals surface area contributed by atoms with E-state index in [1.807, 2.05) is 47.4 Å². The van der Waals surface area contributed by atoms with Crippen LogP contribution in [0, 0.1) is 0 Å². The van der Waals surface area contributed by atoms with Gasteiger partial charge < -0.3 is 14.5 Å². The first kappa shape index (κ1) is 23.3. The van der Waals surface area contributed by atoms with Gasteiger partial charge in [-0.05, 0) is 48.9 Å². The van der Waals surface area contributed by atoms with E-state index in [4.69, 9.17) is 9.72 Å². The number of amides is 2. The largest absolute Gasteiger partial charge is 0.495 e. The Balaban J connectivity index is 1.28. The molecule has 37 heavy (non-hydrogen) atoms. The molecule has 2 amide bonds. The van der Waals surface area contributed by atoms with Gasteiger partial charge in [-0.25, -0.2) is 9.78 Å². The first-order valence-electron chi connectivity index (χ1n) is 12.8. The van der Waals surface area contributed by atoms with E-state index in [1.165, 1.54) is 0 Å². The lowest BCUT2D eigenvalue weighted by Gasteiger charge is -2.35. The maximum atomic E-state index is 13.5.